The molecule has 0 unspecified atom stereocenters. The number of hydrogen-bond donors (Lipinski definition) is 1. The number of hydrogen-bond acceptors (Lipinski definition) is 4. The Bertz CT molecular complexity index is 881. The van der Waals surface area contributed by atoms with Gasteiger partial charge in [0.2, 0.25) is 0 Å². The van der Waals surface area contributed by atoms with Gasteiger partial charge in [-0.25, -0.2) is 0 Å². The van der Waals surface area contributed by atoms with Crippen molar-refractivity contribution in [3.63, 3.8) is 0 Å². The van der Waals surface area contributed by atoms with Crippen molar-refractivity contribution in [2.45, 2.75) is 72.7 Å². The summed E-state index contributed by atoms with van der Waals surface area (Å²) in [6.07, 6.45) is -3.92. The van der Waals surface area contributed by atoms with Crippen molar-refractivity contribution in [1.82, 2.24) is 5.01 Å². The molecule has 1 aliphatic carbocycles. The van der Waals surface area contributed by atoms with Gasteiger partial charge in [-0.1, -0.05) is 38.5 Å². The number of ether oxygens (including phenoxy) is 1. The Labute approximate surface area is 181 Å². The van der Waals surface area contributed by atoms with E-state index in [1.807, 2.05) is 53.7 Å². The van der Waals surface area contributed by atoms with Crippen molar-refractivity contribution in [2.75, 3.05) is 6.61 Å². The molecule has 1 heterocycles. The van der Waals surface area contributed by atoms with Crippen LogP contribution in [0.1, 0.15) is 56.7 Å². The fourth-order valence-electron chi connectivity index (χ4n) is 4.84. The highest BCUT2D eigenvalue weighted by molar-refractivity contribution is 5.93. The number of rotatable bonds is 3. The number of hydrazone groups is 1. The van der Waals surface area contributed by atoms with Gasteiger partial charge in [0, 0.05) is 5.71 Å². The van der Waals surface area contributed by atoms with Crippen molar-refractivity contribution in [3.05, 3.63) is 28.8 Å². The van der Waals surface area contributed by atoms with Crippen LogP contribution in [0.5, 0.6) is 5.75 Å². The molecule has 3 atom stereocenters. The lowest BCUT2D eigenvalue weighted by molar-refractivity contribution is -0.318. The predicted molar refractivity (Wildman–Crippen MR) is 112 cm³/mol. The molecular formula is C23H31F3N2O3. The van der Waals surface area contributed by atoms with Crippen LogP contribution < -0.4 is 4.74 Å². The zero-order valence-corrected chi connectivity index (χ0v) is 18.9. The van der Waals surface area contributed by atoms with E-state index in [9.17, 15) is 23.1 Å². The number of nitrogens with zero attached hydrogens (tertiary/aromatic N) is 2. The average molecular weight is 441 g/mol. The molecule has 1 aliphatic heterocycles. The highest BCUT2D eigenvalue weighted by Crippen LogP contribution is 2.51. The standard InChI is InChI=1S/C23H31F3N2O3/c1-13-9-14(2)20(15(3)10-13)31-12-19(29)28-22(30,23(24,25)26)17-11-16(21(4,5)6)7-8-18(17)27-28/h9-10,16-17,30H,7-8,11-12H2,1-6H3/t16-,17-,22-/m0/s1. The van der Waals surface area contributed by atoms with Crippen LogP contribution in [0.2, 0.25) is 0 Å². The molecule has 3 rings (SSSR count). The van der Waals surface area contributed by atoms with E-state index in [0.29, 0.717) is 18.6 Å². The zero-order chi connectivity index (χ0) is 23.4. The molecule has 1 amide bonds. The summed E-state index contributed by atoms with van der Waals surface area (Å²) >= 11 is 0. The lowest BCUT2D eigenvalue weighted by Gasteiger charge is -2.42. The maximum atomic E-state index is 14.1. The van der Waals surface area contributed by atoms with E-state index in [1.54, 1.807) is 0 Å². The first-order valence-electron chi connectivity index (χ1n) is 10.6. The smallest absolute Gasteiger partial charge is 0.439 e. The second-order valence-corrected chi connectivity index (χ2v) is 9.93. The summed E-state index contributed by atoms with van der Waals surface area (Å²) in [5.41, 5.74) is -0.750. The van der Waals surface area contributed by atoms with E-state index in [-0.39, 0.29) is 28.5 Å². The van der Waals surface area contributed by atoms with E-state index < -0.39 is 30.3 Å². The van der Waals surface area contributed by atoms with Gasteiger partial charge >= 0.3 is 6.18 Å². The van der Waals surface area contributed by atoms with Crippen molar-refractivity contribution >= 4 is 11.6 Å². The first-order valence-corrected chi connectivity index (χ1v) is 10.6. The van der Waals surface area contributed by atoms with Gasteiger partial charge in [-0.15, -0.1) is 0 Å². The Kier molecular flexibility index (Phi) is 5.93. The van der Waals surface area contributed by atoms with Gasteiger partial charge in [0.25, 0.3) is 11.6 Å². The quantitative estimate of drug-likeness (QED) is 0.727. The number of aliphatic hydroxyl groups is 1. The van der Waals surface area contributed by atoms with Crippen molar-refractivity contribution in [1.29, 1.82) is 0 Å². The summed E-state index contributed by atoms with van der Waals surface area (Å²) in [5.74, 6) is -1.85. The molecule has 0 radical (unpaired) electrons. The first kappa shape index (κ1) is 23.6. The van der Waals surface area contributed by atoms with Gasteiger partial charge in [0.1, 0.15) is 5.75 Å². The molecule has 1 aromatic rings. The fraction of sp³-hybridized carbons (Fsp3) is 0.652. The van der Waals surface area contributed by atoms with Crippen LogP contribution in [0.25, 0.3) is 0 Å². The highest BCUT2D eigenvalue weighted by atomic mass is 19.4. The molecule has 0 spiro atoms. The second kappa shape index (κ2) is 7.80. The number of carbonyl (C=O) groups excluding carboxylic acids is 1. The number of alkyl halides is 3. The van der Waals surface area contributed by atoms with Crippen LogP contribution in [-0.4, -0.2) is 40.2 Å². The van der Waals surface area contributed by atoms with E-state index in [4.69, 9.17) is 4.74 Å². The third-order valence-corrected chi connectivity index (χ3v) is 6.53. The third kappa shape index (κ3) is 4.19. The third-order valence-electron chi connectivity index (χ3n) is 6.53. The number of aryl methyl sites for hydroxylation is 3. The highest BCUT2D eigenvalue weighted by Gasteiger charge is 2.69. The van der Waals surface area contributed by atoms with Crippen molar-refractivity contribution in [2.24, 2.45) is 22.4 Å². The summed E-state index contributed by atoms with van der Waals surface area (Å²) < 4.78 is 48.0. The molecule has 1 saturated carbocycles. The van der Waals surface area contributed by atoms with Gasteiger partial charge in [-0.2, -0.15) is 23.3 Å². The Morgan fingerprint density at radius 3 is 2.32 bits per heavy atom. The minimum absolute atomic E-state index is 0.0190. The summed E-state index contributed by atoms with van der Waals surface area (Å²) in [6, 6.07) is 3.74. The van der Waals surface area contributed by atoms with Crippen LogP contribution in [0.3, 0.4) is 0 Å². The summed E-state index contributed by atoms with van der Waals surface area (Å²) in [5, 5.41) is 15.1. The van der Waals surface area contributed by atoms with E-state index in [0.717, 1.165) is 16.7 Å². The fourth-order valence-corrected chi connectivity index (χ4v) is 4.84. The maximum Gasteiger partial charge on any atom is 0.439 e. The number of amides is 1. The lowest BCUT2D eigenvalue weighted by atomic mass is 9.66. The Morgan fingerprint density at radius 2 is 1.81 bits per heavy atom. The predicted octanol–water partition coefficient (Wildman–Crippen LogP) is 4.90. The largest absolute Gasteiger partial charge is 0.483 e. The molecule has 5 nitrogen and oxygen atoms in total. The molecule has 0 aromatic heterocycles. The minimum atomic E-state index is -5.05. The van der Waals surface area contributed by atoms with Crippen LogP contribution in [-0.2, 0) is 4.79 Å². The number of benzene rings is 1. The Morgan fingerprint density at radius 1 is 1.23 bits per heavy atom. The first-order chi connectivity index (χ1) is 14.2. The number of fused-ring (bicyclic) bond motifs is 1. The molecule has 1 aromatic carbocycles. The van der Waals surface area contributed by atoms with E-state index in [1.165, 1.54) is 0 Å². The zero-order valence-electron chi connectivity index (χ0n) is 18.9. The van der Waals surface area contributed by atoms with Crippen molar-refractivity contribution < 1.29 is 27.8 Å². The van der Waals surface area contributed by atoms with Crippen molar-refractivity contribution in [3.8, 4) is 5.75 Å². The van der Waals surface area contributed by atoms with Crippen LogP contribution in [0.15, 0.2) is 17.2 Å². The minimum Gasteiger partial charge on any atom is -0.483 e. The van der Waals surface area contributed by atoms with Gasteiger partial charge in [-0.05, 0) is 62.5 Å². The molecule has 1 fully saturated rings. The van der Waals surface area contributed by atoms with Gasteiger partial charge in [0.05, 0.1) is 5.92 Å². The number of halogens is 3. The molecule has 1 N–H and O–H groups in total. The van der Waals surface area contributed by atoms with Crippen LogP contribution in [0, 0.1) is 38.0 Å². The Hall–Kier alpha value is -2.09. The summed E-state index contributed by atoms with van der Waals surface area (Å²) in [7, 11) is 0. The van der Waals surface area contributed by atoms with Gasteiger partial charge < -0.3 is 9.84 Å². The molecule has 31 heavy (non-hydrogen) atoms. The number of carbonyl (C=O) groups is 1. The molecule has 0 saturated heterocycles. The van der Waals surface area contributed by atoms with Gasteiger partial charge in [-0.3, -0.25) is 4.79 Å². The molecule has 172 valence electrons. The monoisotopic (exact) mass is 440 g/mol. The average Bonchev–Trinajstić information content (AvgIpc) is 2.93. The topological polar surface area (TPSA) is 62.1 Å². The normalized spacial score (nSPS) is 26.5. The van der Waals surface area contributed by atoms with Crippen LogP contribution in [0.4, 0.5) is 13.2 Å². The maximum absolute atomic E-state index is 14.1. The van der Waals surface area contributed by atoms with E-state index in [2.05, 4.69) is 5.10 Å². The molecular weight excluding hydrogens is 409 g/mol. The summed E-state index contributed by atoms with van der Waals surface area (Å²) in [4.78, 5) is 12.8. The Balaban J connectivity index is 1.86. The van der Waals surface area contributed by atoms with Gasteiger partial charge in [0.15, 0.2) is 6.61 Å². The molecule has 8 heteroatoms. The van der Waals surface area contributed by atoms with Crippen LogP contribution >= 0.6 is 0 Å². The SMILES string of the molecule is Cc1cc(C)c(OCC(=O)N2N=C3CC[C@H](C(C)(C)C)C[C@@H]3[C@]2(O)C(F)(F)F)c(C)c1. The second-order valence-electron chi connectivity index (χ2n) is 9.93. The summed E-state index contributed by atoms with van der Waals surface area (Å²) in [6.45, 7) is 10.8. The lowest BCUT2D eigenvalue weighted by Crippen LogP contribution is -2.62. The van der Waals surface area contributed by atoms with E-state index >= 15 is 0 Å². The molecule has 0 bridgehead atoms. The molecule has 2 aliphatic rings.